The minimum absolute atomic E-state index is 0.137. The Morgan fingerprint density at radius 1 is 1.26 bits per heavy atom. The van der Waals surface area contributed by atoms with Gasteiger partial charge < -0.3 is 19.7 Å². The van der Waals surface area contributed by atoms with E-state index in [1.165, 1.54) is 30.9 Å². The molecule has 3 aromatic rings. The zero-order valence-electron chi connectivity index (χ0n) is 17.8. The molecule has 0 spiro atoms. The molecule has 0 saturated carbocycles. The average molecular weight is 460 g/mol. The molecule has 3 heterocycles. The second kappa shape index (κ2) is 9.69. The van der Waals surface area contributed by atoms with Crippen molar-refractivity contribution < 1.29 is 14.3 Å². The van der Waals surface area contributed by atoms with Crippen LogP contribution in [-0.4, -0.2) is 53.9 Å². The summed E-state index contributed by atoms with van der Waals surface area (Å²) in [7, 11) is 3.15. The first-order valence-electron chi connectivity index (χ1n) is 10.1. The van der Waals surface area contributed by atoms with Crippen molar-refractivity contribution in [2.24, 2.45) is 5.92 Å². The van der Waals surface area contributed by atoms with Gasteiger partial charge in [-0.25, -0.2) is 9.97 Å². The van der Waals surface area contributed by atoms with Crippen LogP contribution < -0.4 is 19.7 Å². The molecule has 1 fully saturated rings. The number of nitrogens with zero attached hydrogens (tertiary/aromatic N) is 4. The van der Waals surface area contributed by atoms with Crippen molar-refractivity contribution in [3.05, 3.63) is 24.5 Å². The van der Waals surface area contributed by atoms with Crippen LogP contribution in [0.4, 0.5) is 10.8 Å². The highest BCUT2D eigenvalue weighted by atomic mass is 32.2. The highest BCUT2D eigenvalue weighted by Gasteiger charge is 2.21. The van der Waals surface area contributed by atoms with Crippen LogP contribution in [-0.2, 0) is 4.79 Å². The summed E-state index contributed by atoms with van der Waals surface area (Å²) in [4.78, 5) is 28.3. The Hall–Kier alpha value is -2.59. The van der Waals surface area contributed by atoms with Crippen LogP contribution in [0.5, 0.6) is 11.5 Å². The van der Waals surface area contributed by atoms with E-state index >= 15 is 0 Å². The second-order valence-corrected chi connectivity index (χ2v) is 9.40. The van der Waals surface area contributed by atoms with Gasteiger partial charge in [-0.2, -0.15) is 4.98 Å². The zero-order valence-corrected chi connectivity index (χ0v) is 19.4. The first-order chi connectivity index (χ1) is 15.1. The fourth-order valence-electron chi connectivity index (χ4n) is 3.53. The fraction of sp³-hybridized carbons (Fsp3) is 0.429. The van der Waals surface area contributed by atoms with E-state index in [9.17, 15) is 4.79 Å². The summed E-state index contributed by atoms with van der Waals surface area (Å²) < 4.78 is 11.4. The number of rotatable bonds is 7. The summed E-state index contributed by atoms with van der Waals surface area (Å²) >= 11 is 2.99. The van der Waals surface area contributed by atoms with Crippen LogP contribution >= 0.6 is 23.1 Å². The van der Waals surface area contributed by atoms with Gasteiger partial charge in [0.1, 0.15) is 27.6 Å². The number of carbonyl (C=O) groups excluding carboxylic acids is 1. The van der Waals surface area contributed by atoms with Crippen molar-refractivity contribution in [1.82, 2.24) is 15.0 Å². The third-order valence-electron chi connectivity index (χ3n) is 5.05. The Kier molecular flexibility index (Phi) is 6.77. The number of carbonyl (C=O) groups is 1. The molecule has 1 aromatic carbocycles. The number of fused-ring (bicyclic) bond motifs is 1. The van der Waals surface area contributed by atoms with E-state index in [-0.39, 0.29) is 11.7 Å². The van der Waals surface area contributed by atoms with Crippen LogP contribution in [0.15, 0.2) is 29.6 Å². The third-order valence-corrected chi connectivity index (χ3v) is 7.28. The first-order valence-corrected chi connectivity index (χ1v) is 11.9. The molecule has 1 aliphatic heterocycles. The molecule has 2 aromatic heterocycles. The van der Waals surface area contributed by atoms with Gasteiger partial charge >= 0.3 is 0 Å². The Balaban J connectivity index is 1.44. The highest BCUT2D eigenvalue weighted by Crippen LogP contribution is 2.35. The largest absolute Gasteiger partial charge is 0.497 e. The van der Waals surface area contributed by atoms with Crippen LogP contribution in [0.2, 0.25) is 0 Å². The maximum atomic E-state index is 12.5. The monoisotopic (exact) mass is 459 g/mol. The van der Waals surface area contributed by atoms with Crippen molar-refractivity contribution in [3.63, 3.8) is 0 Å². The van der Waals surface area contributed by atoms with E-state index in [0.717, 1.165) is 27.9 Å². The first kappa shape index (κ1) is 21.6. The summed E-state index contributed by atoms with van der Waals surface area (Å²) in [6.07, 6.45) is 3.95. The highest BCUT2D eigenvalue weighted by molar-refractivity contribution is 8.00. The SMILES string of the molecule is COc1cc(NC(=O)CSc2ncnc3nc(N4CCCC(C)C4)sc23)cc(OC)c1. The lowest BCUT2D eigenvalue weighted by Gasteiger charge is -2.30. The molecule has 164 valence electrons. The molecular weight excluding hydrogens is 434 g/mol. The fourth-order valence-corrected chi connectivity index (χ4v) is 5.46. The lowest BCUT2D eigenvalue weighted by Crippen LogP contribution is -2.34. The minimum atomic E-state index is -0.137. The van der Waals surface area contributed by atoms with Gasteiger partial charge in [-0.1, -0.05) is 30.0 Å². The second-order valence-electron chi connectivity index (χ2n) is 7.46. The van der Waals surface area contributed by atoms with E-state index < -0.39 is 0 Å². The van der Waals surface area contributed by atoms with E-state index in [1.807, 2.05) is 0 Å². The number of methoxy groups -OCH3 is 2. The summed E-state index contributed by atoms with van der Waals surface area (Å²) in [5.74, 6) is 1.98. The molecule has 0 bridgehead atoms. The van der Waals surface area contributed by atoms with E-state index in [0.29, 0.717) is 28.8 Å². The Morgan fingerprint density at radius 2 is 2.03 bits per heavy atom. The summed E-state index contributed by atoms with van der Waals surface area (Å²) in [6.45, 7) is 4.31. The minimum Gasteiger partial charge on any atom is -0.497 e. The lowest BCUT2D eigenvalue weighted by molar-refractivity contribution is -0.113. The number of aromatic nitrogens is 3. The van der Waals surface area contributed by atoms with Gasteiger partial charge in [0.2, 0.25) is 5.91 Å². The van der Waals surface area contributed by atoms with Crippen molar-refractivity contribution in [3.8, 4) is 11.5 Å². The number of thiazole rings is 1. The number of amides is 1. The Morgan fingerprint density at radius 3 is 2.74 bits per heavy atom. The van der Waals surface area contributed by atoms with Gasteiger partial charge in [-0.05, 0) is 18.8 Å². The predicted octanol–water partition coefficient (Wildman–Crippen LogP) is 4.07. The van der Waals surface area contributed by atoms with Crippen LogP contribution in [0, 0.1) is 5.92 Å². The molecule has 1 aliphatic rings. The Labute approximate surface area is 189 Å². The quantitative estimate of drug-likeness (QED) is 0.418. The maximum Gasteiger partial charge on any atom is 0.234 e. The molecule has 1 unspecified atom stereocenters. The van der Waals surface area contributed by atoms with Crippen LogP contribution in [0.1, 0.15) is 19.8 Å². The molecule has 10 heteroatoms. The molecular formula is C21H25N5O3S2. The third kappa shape index (κ3) is 5.19. The smallest absolute Gasteiger partial charge is 0.234 e. The van der Waals surface area contributed by atoms with Crippen molar-refractivity contribution >= 4 is 50.2 Å². The number of ether oxygens (including phenoxy) is 2. The van der Waals surface area contributed by atoms with Gasteiger partial charge in [-0.15, -0.1) is 0 Å². The molecule has 31 heavy (non-hydrogen) atoms. The molecule has 8 nitrogen and oxygen atoms in total. The number of thioether (sulfide) groups is 1. The normalized spacial score (nSPS) is 16.4. The lowest BCUT2D eigenvalue weighted by atomic mass is 10.0. The van der Waals surface area contributed by atoms with E-state index in [4.69, 9.17) is 14.5 Å². The summed E-state index contributed by atoms with van der Waals surface area (Å²) in [5, 5.41) is 4.65. The van der Waals surface area contributed by atoms with Crippen LogP contribution in [0.25, 0.3) is 10.3 Å². The van der Waals surface area contributed by atoms with E-state index in [1.54, 1.807) is 43.8 Å². The predicted molar refractivity (Wildman–Crippen MR) is 125 cm³/mol. The number of hydrogen-bond acceptors (Lipinski definition) is 9. The number of piperidine rings is 1. The van der Waals surface area contributed by atoms with Crippen molar-refractivity contribution in [1.29, 1.82) is 0 Å². The molecule has 1 atom stereocenters. The van der Waals surface area contributed by atoms with E-state index in [2.05, 4.69) is 27.1 Å². The molecule has 0 radical (unpaired) electrons. The molecule has 1 saturated heterocycles. The number of nitrogens with one attached hydrogen (secondary N) is 1. The Bertz CT molecular complexity index is 1050. The summed E-state index contributed by atoms with van der Waals surface area (Å²) in [6, 6.07) is 5.26. The molecule has 0 aliphatic carbocycles. The number of benzene rings is 1. The van der Waals surface area contributed by atoms with Gasteiger partial charge in [0, 0.05) is 37.0 Å². The van der Waals surface area contributed by atoms with Crippen molar-refractivity contribution in [2.75, 3.05) is 43.3 Å². The van der Waals surface area contributed by atoms with Gasteiger partial charge in [0.15, 0.2) is 10.8 Å². The van der Waals surface area contributed by atoms with Crippen molar-refractivity contribution in [2.45, 2.75) is 24.8 Å². The maximum absolute atomic E-state index is 12.5. The number of anilines is 2. The molecule has 1 N–H and O–H groups in total. The summed E-state index contributed by atoms with van der Waals surface area (Å²) in [5.41, 5.74) is 1.31. The van der Waals surface area contributed by atoms with Gasteiger partial charge in [0.25, 0.3) is 0 Å². The molecule has 1 amide bonds. The number of hydrogen-bond donors (Lipinski definition) is 1. The average Bonchev–Trinajstić information content (AvgIpc) is 3.22. The van der Waals surface area contributed by atoms with Crippen LogP contribution in [0.3, 0.4) is 0 Å². The van der Waals surface area contributed by atoms with Gasteiger partial charge in [-0.3, -0.25) is 4.79 Å². The zero-order chi connectivity index (χ0) is 21.8. The van der Waals surface area contributed by atoms with Gasteiger partial charge in [0.05, 0.1) is 20.0 Å². The molecule has 4 rings (SSSR count). The standard InChI is InChI=1S/C21H25N5O3S2/c1-13-5-4-6-26(10-13)21-25-19-18(31-21)20(23-12-22-19)30-11-17(27)24-14-7-15(28-2)9-16(8-14)29-3/h7-9,12-13H,4-6,10-11H2,1-3H3,(H,24,27). The topological polar surface area (TPSA) is 89.5 Å².